The molecule has 1 fully saturated rings. The number of piperazine rings is 1. The molecule has 2 aromatic heterocycles. The second-order valence-electron chi connectivity index (χ2n) is 7.59. The summed E-state index contributed by atoms with van der Waals surface area (Å²) in [5.41, 5.74) is 8.46. The Morgan fingerprint density at radius 2 is 1.77 bits per heavy atom. The molecule has 164 valence electrons. The highest BCUT2D eigenvalue weighted by Gasteiger charge is 2.31. The third-order valence-corrected chi connectivity index (χ3v) is 7.57. The van der Waals surface area contributed by atoms with Crippen LogP contribution in [0.25, 0.3) is 0 Å². The number of nitrogens with zero attached hydrogens (tertiary/aromatic N) is 5. The molecule has 10 nitrogen and oxygen atoms in total. The SMILES string of the molecule is Cc1nn(C)c(C)c1CCC(=O)N1CCN(S(=O)(=O)c2cc(C(N)=O)n(C)c2)CC1. The van der Waals surface area contributed by atoms with Crippen LogP contribution < -0.4 is 5.73 Å². The monoisotopic (exact) mass is 436 g/mol. The van der Waals surface area contributed by atoms with E-state index in [-0.39, 0.29) is 29.6 Å². The number of hydrogen-bond acceptors (Lipinski definition) is 5. The second kappa shape index (κ2) is 8.23. The van der Waals surface area contributed by atoms with Crippen molar-refractivity contribution in [2.24, 2.45) is 19.8 Å². The highest BCUT2D eigenvalue weighted by molar-refractivity contribution is 7.89. The number of rotatable bonds is 6. The lowest BCUT2D eigenvalue weighted by molar-refractivity contribution is -0.132. The molecule has 2 N–H and O–H groups in total. The molecule has 1 aliphatic heterocycles. The third kappa shape index (κ3) is 4.12. The van der Waals surface area contributed by atoms with Gasteiger partial charge in [0.25, 0.3) is 5.91 Å². The molecule has 0 bridgehead atoms. The number of aromatic nitrogens is 3. The van der Waals surface area contributed by atoms with Crippen molar-refractivity contribution in [2.45, 2.75) is 31.6 Å². The van der Waals surface area contributed by atoms with Crippen molar-refractivity contribution in [3.63, 3.8) is 0 Å². The summed E-state index contributed by atoms with van der Waals surface area (Å²) in [7, 11) is -0.302. The van der Waals surface area contributed by atoms with Crippen LogP contribution in [0.1, 0.15) is 33.9 Å². The number of aryl methyl sites for hydroxylation is 3. The average Bonchev–Trinajstić information content (AvgIpc) is 3.20. The maximum absolute atomic E-state index is 12.9. The van der Waals surface area contributed by atoms with E-state index in [4.69, 9.17) is 5.73 Å². The molecule has 2 aromatic rings. The maximum atomic E-state index is 12.9. The standard InChI is InChI=1S/C19H28N6O4S/c1-13-16(14(2)23(4)21-13)5-6-18(26)24-7-9-25(10-8-24)30(28,29)15-11-17(19(20)27)22(3)12-15/h11-12H,5-10H2,1-4H3,(H2,20,27). The molecule has 2 amide bonds. The van der Waals surface area contributed by atoms with Crippen LogP contribution in [0, 0.1) is 13.8 Å². The molecule has 0 aromatic carbocycles. The minimum absolute atomic E-state index is 0.00502. The predicted octanol–water partition coefficient (Wildman–Crippen LogP) is -0.0600. The number of carbonyl (C=O) groups is 2. The quantitative estimate of drug-likeness (QED) is 0.679. The number of primary amides is 1. The first kappa shape index (κ1) is 22.0. The molecule has 0 aliphatic carbocycles. The van der Waals surface area contributed by atoms with Crippen LogP contribution in [0.4, 0.5) is 0 Å². The van der Waals surface area contributed by atoms with E-state index in [1.54, 1.807) is 11.9 Å². The van der Waals surface area contributed by atoms with Crippen molar-refractivity contribution in [2.75, 3.05) is 26.2 Å². The van der Waals surface area contributed by atoms with Gasteiger partial charge in [0.05, 0.1) is 5.69 Å². The Morgan fingerprint density at radius 1 is 1.13 bits per heavy atom. The number of amides is 2. The Kier molecular flexibility index (Phi) is 6.04. The van der Waals surface area contributed by atoms with Gasteiger partial charge in [-0.05, 0) is 31.9 Å². The van der Waals surface area contributed by atoms with Gasteiger partial charge in [-0.25, -0.2) is 8.42 Å². The molecule has 0 spiro atoms. The van der Waals surface area contributed by atoms with E-state index in [1.807, 2.05) is 25.6 Å². The summed E-state index contributed by atoms with van der Waals surface area (Å²) >= 11 is 0. The first-order valence-corrected chi connectivity index (χ1v) is 11.2. The molecule has 11 heteroatoms. The summed E-state index contributed by atoms with van der Waals surface area (Å²) in [5.74, 6) is -0.682. The molecule has 30 heavy (non-hydrogen) atoms. The van der Waals surface area contributed by atoms with Crippen molar-refractivity contribution < 1.29 is 18.0 Å². The largest absolute Gasteiger partial charge is 0.364 e. The van der Waals surface area contributed by atoms with Gasteiger partial charge in [-0.15, -0.1) is 0 Å². The van der Waals surface area contributed by atoms with Crippen molar-refractivity contribution >= 4 is 21.8 Å². The summed E-state index contributed by atoms with van der Waals surface area (Å²) < 4.78 is 30.3. The maximum Gasteiger partial charge on any atom is 0.265 e. The van der Waals surface area contributed by atoms with E-state index >= 15 is 0 Å². The summed E-state index contributed by atoms with van der Waals surface area (Å²) in [6.45, 7) is 5.00. The van der Waals surface area contributed by atoms with Crippen molar-refractivity contribution in [1.29, 1.82) is 0 Å². The Balaban J connectivity index is 1.60. The smallest absolute Gasteiger partial charge is 0.265 e. The number of sulfonamides is 1. The van der Waals surface area contributed by atoms with Gasteiger partial charge in [0.15, 0.2) is 0 Å². The number of carbonyl (C=O) groups excluding carboxylic acids is 2. The fraction of sp³-hybridized carbons (Fsp3) is 0.526. The average molecular weight is 437 g/mol. The molecule has 0 unspecified atom stereocenters. The van der Waals surface area contributed by atoms with Gasteiger partial charge in [-0.2, -0.15) is 9.40 Å². The predicted molar refractivity (Wildman–Crippen MR) is 110 cm³/mol. The van der Waals surface area contributed by atoms with Crippen LogP contribution >= 0.6 is 0 Å². The first-order chi connectivity index (χ1) is 14.0. The molecule has 3 rings (SSSR count). The molecule has 1 saturated heterocycles. The molecular weight excluding hydrogens is 408 g/mol. The molecule has 0 saturated carbocycles. The zero-order valence-electron chi connectivity index (χ0n) is 17.8. The van der Waals surface area contributed by atoms with Gasteiger partial charge >= 0.3 is 0 Å². The highest BCUT2D eigenvalue weighted by Crippen LogP contribution is 2.21. The number of hydrogen-bond donors (Lipinski definition) is 1. The van der Waals surface area contributed by atoms with Crippen LogP contribution in [0.3, 0.4) is 0 Å². The molecule has 1 aliphatic rings. The molecule has 0 atom stereocenters. The van der Waals surface area contributed by atoms with Crippen molar-refractivity contribution in [3.05, 3.63) is 34.9 Å². The topological polar surface area (TPSA) is 124 Å². The Labute approximate surface area is 176 Å². The highest BCUT2D eigenvalue weighted by atomic mass is 32.2. The zero-order chi connectivity index (χ0) is 22.2. The molecule has 3 heterocycles. The van der Waals surface area contributed by atoms with Crippen LogP contribution in [-0.2, 0) is 35.3 Å². The van der Waals surface area contributed by atoms with E-state index in [1.165, 1.54) is 21.1 Å². The van der Waals surface area contributed by atoms with Crippen LogP contribution in [0.5, 0.6) is 0 Å². The zero-order valence-corrected chi connectivity index (χ0v) is 18.6. The fourth-order valence-electron chi connectivity index (χ4n) is 3.82. The van der Waals surface area contributed by atoms with E-state index in [0.717, 1.165) is 17.0 Å². The van der Waals surface area contributed by atoms with Gasteiger partial charge in [0.2, 0.25) is 15.9 Å². The Morgan fingerprint density at radius 3 is 2.27 bits per heavy atom. The summed E-state index contributed by atoms with van der Waals surface area (Å²) in [5, 5.41) is 4.37. The Hall–Kier alpha value is -2.66. The van der Waals surface area contributed by atoms with Crippen LogP contribution in [0.15, 0.2) is 17.2 Å². The third-order valence-electron chi connectivity index (χ3n) is 5.71. The molecular formula is C19H28N6O4S. The summed E-state index contributed by atoms with van der Waals surface area (Å²) in [4.78, 5) is 25.8. The minimum atomic E-state index is -3.75. The van der Waals surface area contributed by atoms with Gasteiger partial charge in [0, 0.05) is 58.6 Å². The Bertz CT molecular complexity index is 1080. The van der Waals surface area contributed by atoms with Gasteiger partial charge < -0.3 is 15.2 Å². The lowest BCUT2D eigenvalue weighted by atomic mass is 10.1. The van der Waals surface area contributed by atoms with E-state index in [2.05, 4.69) is 5.10 Å². The van der Waals surface area contributed by atoms with Crippen molar-refractivity contribution in [1.82, 2.24) is 23.6 Å². The van der Waals surface area contributed by atoms with Gasteiger partial charge in [0.1, 0.15) is 10.6 Å². The number of nitrogens with two attached hydrogens (primary N) is 1. The lowest BCUT2D eigenvalue weighted by Gasteiger charge is -2.34. The lowest BCUT2D eigenvalue weighted by Crippen LogP contribution is -2.50. The minimum Gasteiger partial charge on any atom is -0.364 e. The van der Waals surface area contributed by atoms with E-state index in [0.29, 0.717) is 25.9 Å². The first-order valence-electron chi connectivity index (χ1n) is 9.75. The second-order valence-corrected chi connectivity index (χ2v) is 9.53. The van der Waals surface area contributed by atoms with Gasteiger partial charge in [-0.3, -0.25) is 14.3 Å². The normalized spacial score (nSPS) is 15.5. The van der Waals surface area contributed by atoms with E-state index in [9.17, 15) is 18.0 Å². The summed E-state index contributed by atoms with van der Waals surface area (Å²) in [6, 6.07) is 1.29. The van der Waals surface area contributed by atoms with Crippen LogP contribution in [-0.4, -0.2) is 70.0 Å². The van der Waals surface area contributed by atoms with Crippen molar-refractivity contribution in [3.8, 4) is 0 Å². The summed E-state index contributed by atoms with van der Waals surface area (Å²) in [6.07, 6.45) is 2.36. The molecule has 0 radical (unpaired) electrons. The van der Waals surface area contributed by atoms with Gasteiger partial charge in [-0.1, -0.05) is 0 Å². The fourth-order valence-corrected chi connectivity index (χ4v) is 5.31. The van der Waals surface area contributed by atoms with E-state index < -0.39 is 15.9 Å². The van der Waals surface area contributed by atoms with Crippen LogP contribution in [0.2, 0.25) is 0 Å².